The molecule has 2 saturated heterocycles. The van der Waals surface area contributed by atoms with Crippen LogP contribution < -0.4 is 4.90 Å². The zero-order chi connectivity index (χ0) is 17.9. The number of amides is 1. The smallest absolute Gasteiger partial charge is 0.227 e. The molecule has 1 unspecified atom stereocenters. The average molecular weight is 372 g/mol. The van der Waals surface area contributed by atoms with E-state index in [1.165, 1.54) is 0 Å². The van der Waals surface area contributed by atoms with Crippen LogP contribution in [0.3, 0.4) is 0 Å². The van der Waals surface area contributed by atoms with Gasteiger partial charge in [-0.25, -0.2) is 0 Å². The van der Waals surface area contributed by atoms with Crippen molar-refractivity contribution in [2.75, 3.05) is 51.2 Å². The summed E-state index contributed by atoms with van der Waals surface area (Å²) in [4.78, 5) is 20.6. The minimum Gasteiger partial charge on any atom is -0.354 e. The summed E-state index contributed by atoms with van der Waals surface area (Å²) < 4.78 is 0. The highest BCUT2D eigenvalue weighted by molar-refractivity contribution is 7.13. The van der Waals surface area contributed by atoms with Crippen molar-refractivity contribution in [1.82, 2.24) is 20.0 Å². The molecule has 2 aromatic heterocycles. The standard InChI is InChI=1S/C19H25N5OS/c1-22-9-11-23(12-10-22)19(25)15-4-2-8-24(14-15)18-7-6-16(20-21-18)17-5-3-13-26-17/h3,5-7,13,15H,2,4,8-12,14H2,1H3. The van der Waals surface area contributed by atoms with Crippen molar-refractivity contribution in [3.05, 3.63) is 29.6 Å². The Hall–Kier alpha value is -1.99. The van der Waals surface area contributed by atoms with Crippen LogP contribution in [0.15, 0.2) is 29.6 Å². The van der Waals surface area contributed by atoms with Gasteiger partial charge in [0.1, 0.15) is 5.69 Å². The number of carbonyl (C=O) groups excluding carboxylic acids is 1. The molecule has 2 aliphatic heterocycles. The van der Waals surface area contributed by atoms with Crippen LogP contribution >= 0.6 is 11.3 Å². The molecule has 0 aromatic carbocycles. The predicted molar refractivity (Wildman–Crippen MR) is 104 cm³/mol. The van der Waals surface area contributed by atoms with E-state index in [1.807, 2.05) is 28.5 Å². The summed E-state index contributed by atoms with van der Waals surface area (Å²) in [6.07, 6.45) is 2.00. The van der Waals surface area contributed by atoms with Gasteiger partial charge in [0, 0.05) is 39.3 Å². The first-order valence-electron chi connectivity index (χ1n) is 9.30. The Labute approximate surface area is 158 Å². The van der Waals surface area contributed by atoms with Crippen LogP contribution in [-0.4, -0.2) is 72.2 Å². The van der Waals surface area contributed by atoms with E-state index in [1.54, 1.807) is 11.3 Å². The highest BCUT2D eigenvalue weighted by Gasteiger charge is 2.31. The molecule has 6 nitrogen and oxygen atoms in total. The first kappa shape index (κ1) is 17.4. The monoisotopic (exact) mass is 371 g/mol. The summed E-state index contributed by atoms with van der Waals surface area (Å²) in [5.74, 6) is 1.26. The second-order valence-electron chi connectivity index (χ2n) is 7.17. The van der Waals surface area contributed by atoms with Gasteiger partial charge in [0.05, 0.1) is 10.8 Å². The molecule has 2 aliphatic rings. The summed E-state index contributed by atoms with van der Waals surface area (Å²) in [7, 11) is 2.11. The molecule has 2 fully saturated rings. The summed E-state index contributed by atoms with van der Waals surface area (Å²) in [5.41, 5.74) is 0.908. The number of nitrogens with zero attached hydrogens (tertiary/aromatic N) is 5. The molecule has 0 spiro atoms. The quantitative estimate of drug-likeness (QED) is 0.828. The van der Waals surface area contributed by atoms with E-state index in [4.69, 9.17) is 0 Å². The lowest BCUT2D eigenvalue weighted by atomic mass is 9.96. The molecule has 7 heteroatoms. The topological polar surface area (TPSA) is 52.6 Å². The normalized spacial score (nSPS) is 21.8. The van der Waals surface area contributed by atoms with E-state index in [9.17, 15) is 4.79 Å². The Morgan fingerprint density at radius 3 is 2.65 bits per heavy atom. The molecule has 0 saturated carbocycles. The van der Waals surface area contributed by atoms with E-state index in [0.29, 0.717) is 5.91 Å². The Balaban J connectivity index is 1.41. The minimum absolute atomic E-state index is 0.0749. The van der Waals surface area contributed by atoms with Gasteiger partial charge in [-0.3, -0.25) is 4.79 Å². The SMILES string of the molecule is CN1CCN(C(=O)C2CCCN(c3ccc(-c4cccs4)nn3)C2)CC1. The molecule has 0 radical (unpaired) electrons. The van der Waals surface area contributed by atoms with Gasteiger partial charge in [-0.05, 0) is 43.5 Å². The van der Waals surface area contributed by atoms with Gasteiger partial charge < -0.3 is 14.7 Å². The van der Waals surface area contributed by atoms with Crippen molar-refractivity contribution < 1.29 is 4.79 Å². The predicted octanol–water partition coefficient (Wildman–Crippen LogP) is 2.20. The van der Waals surface area contributed by atoms with Crippen molar-refractivity contribution in [3.63, 3.8) is 0 Å². The van der Waals surface area contributed by atoms with Gasteiger partial charge in [0.15, 0.2) is 5.82 Å². The average Bonchev–Trinajstić information content (AvgIpc) is 3.23. The van der Waals surface area contributed by atoms with E-state index < -0.39 is 0 Å². The zero-order valence-corrected chi connectivity index (χ0v) is 16.0. The fraction of sp³-hybridized carbons (Fsp3) is 0.526. The maximum atomic E-state index is 12.9. The molecular weight excluding hydrogens is 346 g/mol. The number of piperazine rings is 1. The molecule has 1 amide bonds. The lowest BCUT2D eigenvalue weighted by molar-refractivity contribution is -0.137. The molecule has 2 aromatic rings. The molecule has 0 bridgehead atoms. The van der Waals surface area contributed by atoms with Crippen molar-refractivity contribution in [2.45, 2.75) is 12.8 Å². The van der Waals surface area contributed by atoms with Gasteiger partial charge in [0.2, 0.25) is 5.91 Å². The number of anilines is 1. The van der Waals surface area contributed by atoms with Crippen molar-refractivity contribution in [1.29, 1.82) is 0 Å². The number of carbonyl (C=O) groups is 1. The third kappa shape index (κ3) is 3.73. The summed E-state index contributed by atoms with van der Waals surface area (Å²) in [6, 6.07) is 8.14. The lowest BCUT2D eigenvalue weighted by Gasteiger charge is -2.38. The Morgan fingerprint density at radius 1 is 1.12 bits per heavy atom. The third-order valence-electron chi connectivity index (χ3n) is 5.33. The Kier molecular flexibility index (Phi) is 5.17. The molecule has 26 heavy (non-hydrogen) atoms. The largest absolute Gasteiger partial charge is 0.354 e. The van der Waals surface area contributed by atoms with Crippen LogP contribution in [0.5, 0.6) is 0 Å². The number of aromatic nitrogens is 2. The number of rotatable bonds is 3. The van der Waals surface area contributed by atoms with E-state index in [-0.39, 0.29) is 5.92 Å². The Bertz CT molecular complexity index is 725. The fourth-order valence-electron chi connectivity index (χ4n) is 3.72. The van der Waals surface area contributed by atoms with Crippen molar-refractivity contribution >= 4 is 23.1 Å². The number of thiophene rings is 1. The second kappa shape index (κ2) is 7.72. The molecule has 1 atom stereocenters. The van der Waals surface area contributed by atoms with Crippen LogP contribution in [0.4, 0.5) is 5.82 Å². The van der Waals surface area contributed by atoms with Crippen LogP contribution in [0.25, 0.3) is 10.6 Å². The number of piperidine rings is 1. The third-order valence-corrected chi connectivity index (χ3v) is 6.23. The van der Waals surface area contributed by atoms with Crippen LogP contribution in [0.2, 0.25) is 0 Å². The first-order chi connectivity index (χ1) is 12.7. The van der Waals surface area contributed by atoms with Crippen molar-refractivity contribution in [3.8, 4) is 10.6 Å². The van der Waals surface area contributed by atoms with Crippen LogP contribution in [0.1, 0.15) is 12.8 Å². The second-order valence-corrected chi connectivity index (χ2v) is 8.12. The van der Waals surface area contributed by atoms with Crippen molar-refractivity contribution in [2.24, 2.45) is 5.92 Å². The van der Waals surface area contributed by atoms with Gasteiger partial charge in [-0.15, -0.1) is 21.5 Å². The number of likely N-dealkylation sites (N-methyl/N-ethyl adjacent to an activating group) is 1. The maximum absolute atomic E-state index is 12.9. The zero-order valence-electron chi connectivity index (χ0n) is 15.2. The summed E-state index contributed by atoms with van der Waals surface area (Å²) >= 11 is 1.67. The summed E-state index contributed by atoms with van der Waals surface area (Å²) in [5, 5.41) is 10.9. The molecule has 0 aliphatic carbocycles. The Morgan fingerprint density at radius 2 is 1.96 bits per heavy atom. The molecular formula is C19H25N5OS. The van der Waals surface area contributed by atoms with E-state index in [2.05, 4.69) is 33.1 Å². The van der Waals surface area contributed by atoms with E-state index >= 15 is 0 Å². The number of hydrogen-bond acceptors (Lipinski definition) is 6. The molecule has 138 valence electrons. The fourth-order valence-corrected chi connectivity index (χ4v) is 4.41. The number of hydrogen-bond donors (Lipinski definition) is 0. The lowest BCUT2D eigenvalue weighted by Crippen LogP contribution is -2.51. The van der Waals surface area contributed by atoms with Gasteiger partial charge in [-0.1, -0.05) is 6.07 Å². The highest BCUT2D eigenvalue weighted by atomic mass is 32.1. The minimum atomic E-state index is 0.0749. The first-order valence-corrected chi connectivity index (χ1v) is 10.2. The molecule has 4 heterocycles. The van der Waals surface area contributed by atoms with E-state index in [0.717, 1.165) is 68.5 Å². The van der Waals surface area contributed by atoms with Gasteiger partial charge in [0.25, 0.3) is 0 Å². The molecule has 0 N–H and O–H groups in total. The highest BCUT2D eigenvalue weighted by Crippen LogP contribution is 2.26. The maximum Gasteiger partial charge on any atom is 0.227 e. The van der Waals surface area contributed by atoms with Crippen LogP contribution in [0, 0.1) is 5.92 Å². The summed E-state index contributed by atoms with van der Waals surface area (Å²) in [6.45, 7) is 5.33. The van der Waals surface area contributed by atoms with Gasteiger partial charge >= 0.3 is 0 Å². The van der Waals surface area contributed by atoms with Crippen LogP contribution in [-0.2, 0) is 4.79 Å². The van der Waals surface area contributed by atoms with Gasteiger partial charge in [-0.2, -0.15) is 0 Å². The molecule has 4 rings (SSSR count).